The van der Waals surface area contributed by atoms with Gasteiger partial charge in [0.15, 0.2) is 0 Å². The lowest BCUT2D eigenvalue weighted by molar-refractivity contribution is -0.121. The molecule has 1 aromatic heterocycles. The third kappa shape index (κ3) is 5.74. The van der Waals surface area contributed by atoms with E-state index in [1.54, 1.807) is 0 Å². The molecule has 1 amide bonds. The second-order valence-electron chi connectivity index (χ2n) is 5.13. The summed E-state index contributed by atoms with van der Waals surface area (Å²) in [5.41, 5.74) is 2.11. The van der Waals surface area contributed by atoms with Crippen LogP contribution in [-0.4, -0.2) is 46.8 Å². The summed E-state index contributed by atoms with van der Waals surface area (Å²) in [6.45, 7) is 12.9. The van der Waals surface area contributed by atoms with E-state index in [2.05, 4.69) is 29.2 Å². The number of hydrogen-bond acceptors (Lipinski definition) is 3. The van der Waals surface area contributed by atoms with Crippen molar-refractivity contribution in [2.75, 3.05) is 26.2 Å². The van der Waals surface area contributed by atoms with Gasteiger partial charge in [-0.05, 0) is 46.0 Å². The average molecular weight is 280 g/mol. The van der Waals surface area contributed by atoms with Gasteiger partial charge in [-0.2, -0.15) is 5.10 Å². The zero-order chi connectivity index (χ0) is 15.0. The summed E-state index contributed by atoms with van der Waals surface area (Å²) >= 11 is 0. The van der Waals surface area contributed by atoms with Crippen LogP contribution in [0.25, 0.3) is 0 Å². The van der Waals surface area contributed by atoms with Gasteiger partial charge in [0.25, 0.3) is 0 Å². The molecule has 0 radical (unpaired) electrons. The minimum absolute atomic E-state index is 0.108. The van der Waals surface area contributed by atoms with E-state index in [4.69, 9.17) is 0 Å². The summed E-state index contributed by atoms with van der Waals surface area (Å²) in [5.74, 6) is 0.108. The molecule has 1 rings (SSSR count). The Morgan fingerprint density at radius 2 is 2.05 bits per heavy atom. The maximum absolute atomic E-state index is 11.8. The average Bonchev–Trinajstić information content (AvgIpc) is 2.75. The maximum Gasteiger partial charge on any atom is 0.221 e. The first-order valence-corrected chi connectivity index (χ1v) is 7.56. The molecule has 0 saturated carbocycles. The predicted octanol–water partition coefficient (Wildman–Crippen LogP) is 1.74. The number of aromatic nitrogens is 2. The largest absolute Gasteiger partial charge is 0.356 e. The minimum atomic E-state index is 0.108. The molecule has 0 aliphatic heterocycles. The van der Waals surface area contributed by atoms with Gasteiger partial charge in [0.1, 0.15) is 0 Å². The molecule has 0 aliphatic carbocycles. The summed E-state index contributed by atoms with van der Waals surface area (Å²) in [6, 6.07) is 2.03. The van der Waals surface area contributed by atoms with Gasteiger partial charge in [-0.3, -0.25) is 9.48 Å². The Morgan fingerprint density at radius 1 is 1.35 bits per heavy atom. The first kappa shape index (κ1) is 16.7. The first-order chi connectivity index (χ1) is 9.56. The van der Waals surface area contributed by atoms with Gasteiger partial charge < -0.3 is 10.2 Å². The van der Waals surface area contributed by atoms with Crippen molar-refractivity contribution < 1.29 is 4.79 Å². The molecule has 0 unspecified atom stereocenters. The van der Waals surface area contributed by atoms with Gasteiger partial charge in [0.2, 0.25) is 5.91 Å². The molecule has 5 nitrogen and oxygen atoms in total. The number of carbonyl (C=O) groups is 1. The highest BCUT2D eigenvalue weighted by Crippen LogP contribution is 2.02. The molecule has 0 bridgehead atoms. The van der Waals surface area contributed by atoms with Gasteiger partial charge in [0.05, 0.1) is 5.69 Å². The Labute approximate surface area is 122 Å². The fourth-order valence-corrected chi connectivity index (χ4v) is 2.27. The van der Waals surface area contributed by atoms with Crippen LogP contribution in [0.5, 0.6) is 0 Å². The van der Waals surface area contributed by atoms with E-state index in [0.717, 1.165) is 44.0 Å². The van der Waals surface area contributed by atoms with Crippen molar-refractivity contribution in [2.45, 2.75) is 47.1 Å². The zero-order valence-electron chi connectivity index (χ0n) is 13.3. The van der Waals surface area contributed by atoms with Crippen LogP contribution in [-0.2, 0) is 11.3 Å². The van der Waals surface area contributed by atoms with Gasteiger partial charge >= 0.3 is 0 Å². The molecule has 5 heteroatoms. The summed E-state index contributed by atoms with van der Waals surface area (Å²) in [5, 5.41) is 7.33. The number of nitrogens with zero attached hydrogens (tertiary/aromatic N) is 3. The van der Waals surface area contributed by atoms with Crippen molar-refractivity contribution >= 4 is 5.91 Å². The molecular weight excluding hydrogens is 252 g/mol. The number of aryl methyl sites for hydroxylation is 3. The number of nitrogens with one attached hydrogen (secondary N) is 1. The molecule has 1 aromatic rings. The Morgan fingerprint density at radius 3 is 2.60 bits per heavy atom. The van der Waals surface area contributed by atoms with Crippen LogP contribution in [0.2, 0.25) is 0 Å². The molecule has 114 valence electrons. The van der Waals surface area contributed by atoms with Crippen LogP contribution in [0.1, 0.15) is 38.1 Å². The second kappa shape index (κ2) is 8.74. The van der Waals surface area contributed by atoms with E-state index in [9.17, 15) is 4.79 Å². The fourth-order valence-electron chi connectivity index (χ4n) is 2.27. The highest BCUT2D eigenvalue weighted by atomic mass is 16.1. The van der Waals surface area contributed by atoms with Crippen molar-refractivity contribution in [2.24, 2.45) is 0 Å². The van der Waals surface area contributed by atoms with E-state index in [-0.39, 0.29) is 5.91 Å². The smallest absolute Gasteiger partial charge is 0.221 e. The van der Waals surface area contributed by atoms with Gasteiger partial charge in [-0.25, -0.2) is 0 Å². The third-order valence-electron chi connectivity index (χ3n) is 3.52. The van der Waals surface area contributed by atoms with E-state index in [1.807, 2.05) is 24.6 Å². The topological polar surface area (TPSA) is 50.2 Å². The highest BCUT2D eigenvalue weighted by Gasteiger charge is 2.05. The lowest BCUT2D eigenvalue weighted by Gasteiger charge is -2.17. The fraction of sp³-hybridized carbons (Fsp3) is 0.733. The van der Waals surface area contributed by atoms with E-state index < -0.39 is 0 Å². The van der Waals surface area contributed by atoms with Crippen molar-refractivity contribution in [3.8, 4) is 0 Å². The number of hydrogen-bond donors (Lipinski definition) is 1. The Balaban J connectivity index is 2.16. The minimum Gasteiger partial charge on any atom is -0.356 e. The van der Waals surface area contributed by atoms with Crippen LogP contribution in [0.3, 0.4) is 0 Å². The Bertz CT molecular complexity index is 410. The van der Waals surface area contributed by atoms with E-state index >= 15 is 0 Å². The van der Waals surface area contributed by atoms with E-state index in [0.29, 0.717) is 13.0 Å². The normalized spacial score (nSPS) is 11.1. The van der Waals surface area contributed by atoms with Crippen molar-refractivity contribution in [3.63, 3.8) is 0 Å². The molecule has 0 spiro atoms. The van der Waals surface area contributed by atoms with E-state index in [1.165, 1.54) is 0 Å². The lowest BCUT2D eigenvalue weighted by atomic mass is 10.3. The van der Waals surface area contributed by atoms with Crippen molar-refractivity contribution in [3.05, 3.63) is 17.5 Å². The van der Waals surface area contributed by atoms with Crippen LogP contribution < -0.4 is 5.32 Å². The lowest BCUT2D eigenvalue weighted by Crippen LogP contribution is -2.30. The first-order valence-electron chi connectivity index (χ1n) is 7.56. The number of carbonyl (C=O) groups excluding carboxylic acids is 1. The SMILES string of the molecule is CCN(CC)CCCNC(=O)CCn1nc(C)cc1C. The van der Waals surface area contributed by atoms with Crippen LogP contribution >= 0.6 is 0 Å². The summed E-state index contributed by atoms with van der Waals surface area (Å²) < 4.78 is 1.89. The highest BCUT2D eigenvalue weighted by molar-refractivity contribution is 5.75. The monoisotopic (exact) mass is 280 g/mol. The molecule has 0 aliphatic rings. The second-order valence-corrected chi connectivity index (χ2v) is 5.13. The molecular formula is C15H28N4O. The Hall–Kier alpha value is -1.36. The molecule has 0 atom stereocenters. The zero-order valence-corrected chi connectivity index (χ0v) is 13.3. The number of amides is 1. The third-order valence-corrected chi connectivity index (χ3v) is 3.52. The van der Waals surface area contributed by atoms with Crippen molar-refractivity contribution in [1.29, 1.82) is 0 Å². The molecule has 1 heterocycles. The van der Waals surface area contributed by atoms with Crippen LogP contribution in [0.15, 0.2) is 6.07 Å². The number of rotatable bonds is 9. The maximum atomic E-state index is 11.8. The van der Waals surface area contributed by atoms with Crippen molar-refractivity contribution in [1.82, 2.24) is 20.0 Å². The standard InChI is InChI=1S/C15H28N4O/c1-5-18(6-2)10-7-9-16-15(20)8-11-19-14(4)12-13(3)17-19/h12H,5-11H2,1-4H3,(H,16,20). The molecule has 1 N–H and O–H groups in total. The van der Waals surface area contributed by atoms with Gasteiger partial charge in [-0.15, -0.1) is 0 Å². The molecule has 0 aromatic carbocycles. The Kier molecular flexibility index (Phi) is 7.30. The van der Waals surface area contributed by atoms with Crippen LogP contribution in [0, 0.1) is 13.8 Å². The quantitative estimate of drug-likeness (QED) is 0.701. The molecule has 0 fully saturated rings. The summed E-state index contributed by atoms with van der Waals surface area (Å²) in [6.07, 6.45) is 1.50. The summed E-state index contributed by atoms with van der Waals surface area (Å²) in [7, 11) is 0. The summed E-state index contributed by atoms with van der Waals surface area (Å²) in [4.78, 5) is 14.1. The predicted molar refractivity (Wildman–Crippen MR) is 81.7 cm³/mol. The van der Waals surface area contributed by atoms with Gasteiger partial charge in [0, 0.05) is 25.2 Å². The van der Waals surface area contributed by atoms with Gasteiger partial charge in [-0.1, -0.05) is 13.8 Å². The molecule has 0 saturated heterocycles. The van der Waals surface area contributed by atoms with Crippen LogP contribution in [0.4, 0.5) is 0 Å². The molecule has 20 heavy (non-hydrogen) atoms.